The van der Waals surface area contributed by atoms with Crippen LogP contribution in [0.5, 0.6) is 0 Å². The summed E-state index contributed by atoms with van der Waals surface area (Å²) in [6.07, 6.45) is 4.02. The highest BCUT2D eigenvalue weighted by Crippen LogP contribution is 2.34. The zero-order valence-corrected chi connectivity index (χ0v) is 16.8. The van der Waals surface area contributed by atoms with Crippen molar-refractivity contribution >= 4 is 34.5 Å². The normalized spacial score (nSPS) is 13.1. The molecule has 0 spiro atoms. The third-order valence-corrected chi connectivity index (χ3v) is 3.55. The second-order valence-electron chi connectivity index (χ2n) is 5.66. The van der Waals surface area contributed by atoms with E-state index in [0.717, 1.165) is 6.20 Å². The maximum absolute atomic E-state index is 13.1. The van der Waals surface area contributed by atoms with Gasteiger partial charge >= 0.3 is 12.1 Å². The van der Waals surface area contributed by atoms with E-state index in [1.54, 1.807) is 13.0 Å². The molecule has 1 rings (SSSR count). The number of halogens is 4. The molecule has 0 atom stereocenters. The van der Waals surface area contributed by atoms with Crippen molar-refractivity contribution < 1.29 is 32.0 Å². The van der Waals surface area contributed by atoms with E-state index >= 15 is 0 Å². The third kappa shape index (κ3) is 5.74. The highest BCUT2D eigenvalue weighted by molar-refractivity contribution is 6.35. The fourth-order valence-corrected chi connectivity index (χ4v) is 2.42. The van der Waals surface area contributed by atoms with Gasteiger partial charge in [-0.15, -0.1) is 6.42 Å². The van der Waals surface area contributed by atoms with E-state index in [1.807, 2.05) is 0 Å². The monoisotopic (exact) mass is 430 g/mol. The molecule has 1 aromatic rings. The van der Waals surface area contributed by atoms with E-state index in [0.29, 0.717) is 0 Å². The number of ether oxygens (including phenoxy) is 1. The highest BCUT2D eigenvalue weighted by Gasteiger charge is 2.44. The Morgan fingerprint density at radius 2 is 2.00 bits per heavy atom. The molecule has 0 aromatic carbocycles. The molecule has 156 valence electrons. The Kier molecular flexibility index (Phi) is 8.28. The number of nitrogens with zero attached hydrogens (tertiary/aromatic N) is 2. The maximum atomic E-state index is 13.1. The number of carbonyl (C=O) groups is 2. The molecule has 6 nitrogen and oxygen atoms in total. The topological polar surface area (TPSA) is 72.6 Å². The van der Waals surface area contributed by atoms with Gasteiger partial charge in [0.15, 0.2) is 5.76 Å². The van der Waals surface area contributed by atoms with Crippen LogP contribution >= 0.6 is 11.6 Å². The molecule has 10 heteroatoms. The average Bonchev–Trinajstić information content (AvgIpc) is 3.03. The van der Waals surface area contributed by atoms with Gasteiger partial charge in [0.2, 0.25) is 0 Å². The predicted molar refractivity (Wildman–Crippen MR) is 102 cm³/mol. The van der Waals surface area contributed by atoms with Crippen molar-refractivity contribution in [2.45, 2.75) is 20.0 Å². The quantitative estimate of drug-likeness (QED) is 0.281. The summed E-state index contributed by atoms with van der Waals surface area (Å²) < 4.78 is 49.2. The van der Waals surface area contributed by atoms with Crippen LogP contribution in [0.3, 0.4) is 0 Å². The zero-order chi connectivity index (χ0) is 22.4. The molecule has 0 aliphatic rings. The van der Waals surface area contributed by atoms with Crippen molar-refractivity contribution in [2.75, 3.05) is 20.7 Å². The number of hydrogen-bond acceptors (Lipinski definition) is 6. The Balaban J connectivity index is 3.90. The summed E-state index contributed by atoms with van der Waals surface area (Å²) >= 11 is 6.09. The zero-order valence-electron chi connectivity index (χ0n) is 16.1. The van der Waals surface area contributed by atoms with Crippen LogP contribution in [0, 0.1) is 12.3 Å². The molecule has 0 fully saturated rings. The van der Waals surface area contributed by atoms with Gasteiger partial charge in [0.1, 0.15) is 11.3 Å². The van der Waals surface area contributed by atoms with Crippen LogP contribution in [0.1, 0.15) is 35.7 Å². The van der Waals surface area contributed by atoms with Crippen LogP contribution in [0.25, 0.3) is 11.1 Å². The van der Waals surface area contributed by atoms with E-state index in [4.69, 9.17) is 27.3 Å². The van der Waals surface area contributed by atoms with Crippen molar-refractivity contribution in [3.8, 4) is 12.3 Å². The van der Waals surface area contributed by atoms with Gasteiger partial charge in [-0.2, -0.15) is 13.2 Å². The number of allylic oxidation sites excluding steroid dienone is 5. The highest BCUT2D eigenvalue weighted by atomic mass is 35.5. The first-order valence-corrected chi connectivity index (χ1v) is 8.53. The minimum atomic E-state index is -5.23. The van der Waals surface area contributed by atoms with Crippen LogP contribution in [0.2, 0.25) is 0 Å². The number of rotatable bonds is 7. The maximum Gasteiger partial charge on any atom is 0.455 e. The summed E-state index contributed by atoms with van der Waals surface area (Å²) in [6, 6.07) is 0. The molecule has 0 saturated carbocycles. The van der Waals surface area contributed by atoms with Crippen LogP contribution in [-0.4, -0.2) is 48.7 Å². The molecule has 0 amide bonds. The van der Waals surface area contributed by atoms with Crippen molar-refractivity contribution in [3.63, 3.8) is 0 Å². The molecular weight excluding hydrogens is 413 g/mol. The lowest BCUT2D eigenvalue weighted by atomic mass is 10.00. The summed E-state index contributed by atoms with van der Waals surface area (Å²) in [4.78, 5) is 25.7. The lowest BCUT2D eigenvalue weighted by Gasteiger charge is -2.12. The molecule has 1 heterocycles. The molecule has 0 aliphatic heterocycles. The minimum absolute atomic E-state index is 0.0133. The first kappa shape index (κ1) is 24.0. The lowest BCUT2D eigenvalue weighted by Crippen LogP contribution is -2.25. The van der Waals surface area contributed by atoms with Crippen molar-refractivity contribution in [1.29, 1.82) is 0 Å². The van der Waals surface area contributed by atoms with Gasteiger partial charge in [0.05, 0.1) is 22.8 Å². The Hall–Kier alpha value is -2.99. The fourth-order valence-electron chi connectivity index (χ4n) is 2.15. The number of alkyl halides is 3. The molecule has 0 radical (unpaired) electrons. The molecule has 1 aromatic heterocycles. The first-order valence-electron chi connectivity index (χ1n) is 8.15. The van der Waals surface area contributed by atoms with Crippen LogP contribution in [0.4, 0.5) is 13.2 Å². The van der Waals surface area contributed by atoms with Crippen LogP contribution in [-0.2, 0) is 9.53 Å². The SMILES string of the molecule is C#C/C(=C(Cl)\C=C/C)c1noc(/C(=C/N(C)C)C(=O)C(F)(F)F)c1C(=O)OCC. The number of esters is 1. The number of aromatic nitrogens is 1. The van der Waals surface area contributed by atoms with Gasteiger partial charge in [-0.1, -0.05) is 28.8 Å². The summed E-state index contributed by atoms with van der Waals surface area (Å²) in [5, 5.41) is 3.60. The number of carbonyl (C=O) groups excluding carboxylic acids is 2. The van der Waals surface area contributed by atoms with Crippen molar-refractivity contribution in [1.82, 2.24) is 10.1 Å². The van der Waals surface area contributed by atoms with Crippen LogP contribution < -0.4 is 0 Å². The van der Waals surface area contributed by atoms with Gasteiger partial charge in [-0.3, -0.25) is 4.79 Å². The van der Waals surface area contributed by atoms with Gasteiger partial charge in [-0.05, 0) is 19.9 Å². The molecule has 0 saturated heterocycles. The fraction of sp³-hybridized carbons (Fsp3) is 0.316. The minimum Gasteiger partial charge on any atom is -0.462 e. The van der Waals surface area contributed by atoms with E-state index in [1.165, 1.54) is 32.0 Å². The van der Waals surface area contributed by atoms with E-state index in [9.17, 15) is 22.8 Å². The van der Waals surface area contributed by atoms with Gasteiger partial charge in [0.25, 0.3) is 5.78 Å². The Morgan fingerprint density at radius 1 is 1.38 bits per heavy atom. The standard InChI is InChI=1S/C19H18ClF3N2O4/c1-6-9-13(20)11(7-2)15-14(18(27)28-8-3)16(29-24-15)12(10-25(4)5)17(26)19(21,22)23/h2,6,9-10H,8H2,1,3-5H3/b9-6-,12-10-,13-11-. The first-order chi connectivity index (χ1) is 13.5. The van der Waals surface area contributed by atoms with E-state index in [-0.39, 0.29) is 22.9 Å². The Morgan fingerprint density at radius 3 is 2.45 bits per heavy atom. The number of hydrogen-bond donors (Lipinski definition) is 0. The number of ketones is 1. The van der Waals surface area contributed by atoms with Gasteiger partial charge in [0, 0.05) is 20.3 Å². The third-order valence-electron chi connectivity index (χ3n) is 3.24. The molecule has 0 bridgehead atoms. The smallest absolute Gasteiger partial charge is 0.455 e. The Labute approximate surface area is 170 Å². The predicted octanol–water partition coefficient (Wildman–Crippen LogP) is 4.04. The molecule has 0 N–H and O–H groups in total. The Bertz CT molecular complexity index is 919. The van der Waals surface area contributed by atoms with E-state index < -0.39 is 34.8 Å². The summed E-state index contributed by atoms with van der Waals surface area (Å²) in [5.74, 6) is -1.81. The molecular formula is C19H18ClF3N2O4. The van der Waals surface area contributed by atoms with Crippen LogP contribution in [0.15, 0.2) is 27.9 Å². The van der Waals surface area contributed by atoms with E-state index in [2.05, 4.69) is 11.1 Å². The summed E-state index contributed by atoms with van der Waals surface area (Å²) in [7, 11) is 2.78. The van der Waals surface area contributed by atoms with Crippen molar-refractivity contribution in [2.24, 2.45) is 0 Å². The van der Waals surface area contributed by atoms with Gasteiger partial charge in [-0.25, -0.2) is 4.79 Å². The second kappa shape index (κ2) is 9.98. The van der Waals surface area contributed by atoms with Crippen molar-refractivity contribution in [3.05, 3.63) is 40.4 Å². The number of terminal acetylenes is 1. The summed E-state index contributed by atoms with van der Waals surface area (Å²) in [6.45, 7) is 3.05. The second-order valence-corrected chi connectivity index (χ2v) is 6.06. The number of Topliss-reactive ketones (excluding diaryl/α,β-unsaturated/α-hetero) is 1. The molecule has 0 unspecified atom stereocenters. The molecule has 0 aliphatic carbocycles. The summed E-state index contributed by atoms with van der Waals surface area (Å²) in [5.41, 5.74) is -1.91. The average molecular weight is 431 g/mol. The lowest BCUT2D eigenvalue weighted by molar-refractivity contribution is -0.164. The largest absolute Gasteiger partial charge is 0.462 e. The van der Waals surface area contributed by atoms with Gasteiger partial charge < -0.3 is 14.2 Å². The molecule has 29 heavy (non-hydrogen) atoms.